The lowest BCUT2D eigenvalue weighted by atomic mass is 10.0. The fourth-order valence-corrected chi connectivity index (χ4v) is 4.32. The Morgan fingerprint density at radius 3 is 2.51 bits per heavy atom. The zero-order valence-electron chi connectivity index (χ0n) is 18.3. The van der Waals surface area contributed by atoms with Crippen molar-refractivity contribution in [3.05, 3.63) is 64.4 Å². The highest BCUT2D eigenvalue weighted by Crippen LogP contribution is 2.36. The maximum atomic E-state index is 13.4. The average Bonchev–Trinajstić information content (AvgIpc) is 3.25. The number of nitrogens with zero attached hydrogens (tertiary/aromatic N) is 2. The van der Waals surface area contributed by atoms with Crippen LogP contribution in [0.4, 0.5) is 23.7 Å². The van der Waals surface area contributed by atoms with E-state index in [1.54, 1.807) is 17.0 Å². The number of carbonyl (C=O) groups is 2. The highest BCUT2D eigenvalue weighted by molar-refractivity contribution is 5.98. The molecule has 0 spiro atoms. The molecule has 0 saturated carbocycles. The van der Waals surface area contributed by atoms with Crippen molar-refractivity contribution in [2.75, 3.05) is 37.7 Å². The molecule has 2 aliphatic heterocycles. The van der Waals surface area contributed by atoms with Crippen molar-refractivity contribution in [1.29, 1.82) is 0 Å². The highest BCUT2D eigenvalue weighted by atomic mass is 19.4. The lowest BCUT2D eigenvalue weighted by molar-refractivity contribution is -0.142. The number of aromatic amines is 1. The zero-order chi connectivity index (χ0) is 24.7. The minimum absolute atomic E-state index is 0.0184. The van der Waals surface area contributed by atoms with Crippen LogP contribution in [0.5, 0.6) is 0 Å². The van der Waals surface area contributed by atoms with Gasteiger partial charge in [-0.2, -0.15) is 13.2 Å². The van der Waals surface area contributed by atoms with Crippen LogP contribution in [0.3, 0.4) is 0 Å². The molecule has 8 nitrogen and oxygen atoms in total. The van der Waals surface area contributed by atoms with Gasteiger partial charge in [-0.15, -0.1) is 0 Å². The quantitative estimate of drug-likeness (QED) is 0.612. The number of ether oxygens (including phenoxy) is 2. The van der Waals surface area contributed by atoms with Crippen LogP contribution in [0.1, 0.15) is 5.56 Å². The molecule has 0 bridgehead atoms. The second kappa shape index (κ2) is 8.73. The number of halogens is 3. The molecule has 5 rings (SSSR count). The Hall–Kier alpha value is -3.86. The minimum atomic E-state index is -4.59. The molecular weight excluding hydrogens is 467 g/mol. The SMILES string of the molecule is O=C(C1CN(c2ccc3cc(-c4ccccc4C(F)(F)F)[nH]c(=O)c3c2)C(=O)O1)N1CCOCC1. The number of anilines is 1. The Kier molecular flexibility index (Phi) is 5.72. The Bertz CT molecular complexity index is 1360. The fraction of sp³-hybridized carbons (Fsp3) is 0.292. The summed E-state index contributed by atoms with van der Waals surface area (Å²) in [6.07, 6.45) is -6.28. The van der Waals surface area contributed by atoms with Crippen molar-refractivity contribution < 1.29 is 32.2 Å². The molecule has 1 atom stereocenters. The molecule has 11 heteroatoms. The maximum absolute atomic E-state index is 13.4. The molecular formula is C24H20F3N3O5. The van der Waals surface area contributed by atoms with E-state index in [1.165, 1.54) is 35.2 Å². The van der Waals surface area contributed by atoms with Gasteiger partial charge in [-0.25, -0.2) is 4.79 Å². The number of rotatable bonds is 3. The van der Waals surface area contributed by atoms with E-state index in [0.29, 0.717) is 37.4 Å². The van der Waals surface area contributed by atoms with Gasteiger partial charge in [0.15, 0.2) is 6.10 Å². The molecule has 0 radical (unpaired) electrons. The molecule has 1 N–H and O–H groups in total. The lowest BCUT2D eigenvalue weighted by Crippen LogP contribution is -2.46. The normalized spacial score (nSPS) is 18.7. The highest BCUT2D eigenvalue weighted by Gasteiger charge is 2.39. The molecule has 0 aliphatic carbocycles. The maximum Gasteiger partial charge on any atom is 0.417 e. The van der Waals surface area contributed by atoms with Crippen molar-refractivity contribution in [2.24, 2.45) is 0 Å². The molecule has 2 amide bonds. The third-order valence-corrected chi connectivity index (χ3v) is 6.07. The van der Waals surface area contributed by atoms with E-state index < -0.39 is 29.5 Å². The van der Waals surface area contributed by atoms with Crippen molar-refractivity contribution in [2.45, 2.75) is 12.3 Å². The Morgan fingerprint density at radius 2 is 1.77 bits per heavy atom. The van der Waals surface area contributed by atoms with Crippen molar-refractivity contribution >= 4 is 28.5 Å². The summed E-state index contributed by atoms with van der Waals surface area (Å²) >= 11 is 0. The topological polar surface area (TPSA) is 91.9 Å². The van der Waals surface area contributed by atoms with Crippen LogP contribution in [0.25, 0.3) is 22.0 Å². The molecule has 3 heterocycles. The number of morpholine rings is 1. The van der Waals surface area contributed by atoms with E-state index in [0.717, 1.165) is 6.07 Å². The van der Waals surface area contributed by atoms with Crippen LogP contribution in [-0.2, 0) is 20.4 Å². The Morgan fingerprint density at radius 1 is 1.03 bits per heavy atom. The van der Waals surface area contributed by atoms with Crippen molar-refractivity contribution in [3.8, 4) is 11.3 Å². The summed E-state index contributed by atoms with van der Waals surface area (Å²) in [5.41, 5.74) is -1.24. The number of alkyl halides is 3. The molecule has 2 saturated heterocycles. The van der Waals surface area contributed by atoms with E-state index in [4.69, 9.17) is 9.47 Å². The number of carbonyl (C=O) groups excluding carboxylic acids is 2. The number of cyclic esters (lactones) is 1. The average molecular weight is 487 g/mol. The number of fused-ring (bicyclic) bond motifs is 1. The number of amides is 2. The van der Waals surface area contributed by atoms with Gasteiger partial charge in [0.2, 0.25) is 0 Å². The molecule has 182 valence electrons. The molecule has 1 unspecified atom stereocenters. The minimum Gasteiger partial charge on any atom is -0.434 e. The third-order valence-electron chi connectivity index (χ3n) is 6.07. The first-order valence-corrected chi connectivity index (χ1v) is 10.9. The summed E-state index contributed by atoms with van der Waals surface area (Å²) in [5.74, 6) is -0.309. The summed E-state index contributed by atoms with van der Waals surface area (Å²) in [4.78, 5) is 43.3. The first kappa shape index (κ1) is 22.9. The Labute approximate surface area is 196 Å². The van der Waals surface area contributed by atoms with Gasteiger partial charge in [0, 0.05) is 35.4 Å². The van der Waals surface area contributed by atoms with E-state index in [-0.39, 0.29) is 29.1 Å². The first-order valence-electron chi connectivity index (χ1n) is 10.9. The number of aromatic nitrogens is 1. The zero-order valence-corrected chi connectivity index (χ0v) is 18.3. The van der Waals surface area contributed by atoms with E-state index >= 15 is 0 Å². The molecule has 3 aromatic rings. The van der Waals surface area contributed by atoms with Gasteiger partial charge in [-0.1, -0.05) is 24.3 Å². The number of nitrogens with one attached hydrogen (secondary N) is 1. The van der Waals surface area contributed by atoms with Gasteiger partial charge in [0.25, 0.3) is 11.5 Å². The molecule has 35 heavy (non-hydrogen) atoms. The second-order valence-corrected chi connectivity index (χ2v) is 8.25. The van der Waals surface area contributed by atoms with Crippen LogP contribution in [0.2, 0.25) is 0 Å². The van der Waals surface area contributed by atoms with Crippen molar-refractivity contribution in [1.82, 2.24) is 9.88 Å². The third kappa shape index (κ3) is 4.34. The summed E-state index contributed by atoms with van der Waals surface area (Å²) < 4.78 is 50.8. The van der Waals surface area contributed by atoms with Crippen LogP contribution in [-0.4, -0.2) is 60.8 Å². The van der Waals surface area contributed by atoms with Crippen LogP contribution >= 0.6 is 0 Å². The molecule has 2 aliphatic rings. The predicted octanol–water partition coefficient (Wildman–Crippen LogP) is 3.40. The summed E-state index contributed by atoms with van der Waals surface area (Å²) in [7, 11) is 0. The number of benzene rings is 2. The van der Waals surface area contributed by atoms with Gasteiger partial charge in [-0.05, 0) is 29.7 Å². The van der Waals surface area contributed by atoms with Crippen molar-refractivity contribution in [3.63, 3.8) is 0 Å². The first-order chi connectivity index (χ1) is 16.7. The standard InChI is InChI=1S/C24H20F3N3O5/c25-24(26,27)18-4-2-1-3-16(18)19-11-14-5-6-15(12-17(14)21(31)28-19)30-13-20(35-23(30)33)22(32)29-7-9-34-10-8-29/h1-6,11-12,20H,7-10,13H2,(H,28,31). The monoisotopic (exact) mass is 487 g/mol. The number of hydrogen-bond donors (Lipinski definition) is 1. The van der Waals surface area contributed by atoms with Crippen LogP contribution in [0.15, 0.2) is 53.3 Å². The van der Waals surface area contributed by atoms with Gasteiger partial charge >= 0.3 is 12.3 Å². The van der Waals surface area contributed by atoms with Crippen LogP contribution in [0, 0.1) is 0 Å². The van der Waals surface area contributed by atoms with Gasteiger partial charge in [0.1, 0.15) is 0 Å². The van der Waals surface area contributed by atoms with E-state index in [1.807, 2.05) is 0 Å². The summed E-state index contributed by atoms with van der Waals surface area (Å²) in [6, 6.07) is 11.0. The Balaban J connectivity index is 1.44. The molecule has 2 aromatic carbocycles. The van der Waals surface area contributed by atoms with Crippen LogP contribution < -0.4 is 10.5 Å². The number of H-pyrrole nitrogens is 1. The van der Waals surface area contributed by atoms with Gasteiger partial charge < -0.3 is 19.4 Å². The largest absolute Gasteiger partial charge is 0.434 e. The summed E-state index contributed by atoms with van der Waals surface area (Å²) in [6.45, 7) is 1.64. The van der Waals surface area contributed by atoms with Gasteiger partial charge in [-0.3, -0.25) is 14.5 Å². The lowest BCUT2D eigenvalue weighted by Gasteiger charge is -2.28. The smallest absolute Gasteiger partial charge is 0.417 e. The molecule has 1 aromatic heterocycles. The van der Waals surface area contributed by atoms with E-state index in [2.05, 4.69) is 4.98 Å². The number of pyridine rings is 1. The van der Waals surface area contributed by atoms with Gasteiger partial charge in [0.05, 0.1) is 25.3 Å². The predicted molar refractivity (Wildman–Crippen MR) is 120 cm³/mol. The molecule has 2 fully saturated rings. The fourth-order valence-electron chi connectivity index (χ4n) is 4.32. The van der Waals surface area contributed by atoms with E-state index in [9.17, 15) is 27.6 Å². The summed E-state index contributed by atoms with van der Waals surface area (Å²) in [5, 5.41) is 0.587. The number of hydrogen-bond acceptors (Lipinski definition) is 5. The second-order valence-electron chi connectivity index (χ2n) is 8.25.